The fraction of sp³-hybridized carbons (Fsp3) is 0.158. The van der Waals surface area contributed by atoms with Crippen LogP contribution in [0, 0.1) is 0 Å². The number of primary amides is 1. The number of aromatic nitrogens is 3. The second-order valence-corrected chi connectivity index (χ2v) is 8.83. The molecular formula is C19H17N5O5S. The summed E-state index contributed by atoms with van der Waals surface area (Å²) in [6, 6.07) is 6.66. The highest BCUT2D eigenvalue weighted by molar-refractivity contribution is 7.94. The van der Waals surface area contributed by atoms with E-state index in [4.69, 9.17) is 5.73 Å². The number of carbonyl (C=O) groups excluding carboxylic acids is 2. The van der Waals surface area contributed by atoms with E-state index in [0.717, 1.165) is 9.98 Å². The van der Waals surface area contributed by atoms with Gasteiger partial charge in [0.2, 0.25) is 0 Å². The molecule has 1 aliphatic heterocycles. The number of nitrogens with zero attached hydrogens (tertiary/aromatic N) is 3. The van der Waals surface area contributed by atoms with E-state index < -0.39 is 33.3 Å². The SMILES string of the molecule is Cn1ccc(NC(=O)c2cc3cccc(C(N)=O)c3n(C3C=CS(=O)(=O)C3)c2=O)n1. The van der Waals surface area contributed by atoms with Gasteiger partial charge < -0.3 is 11.1 Å². The van der Waals surface area contributed by atoms with E-state index in [1.54, 1.807) is 31.4 Å². The zero-order valence-electron chi connectivity index (χ0n) is 15.8. The van der Waals surface area contributed by atoms with E-state index in [1.807, 2.05) is 0 Å². The van der Waals surface area contributed by atoms with Crippen LogP contribution in [-0.4, -0.2) is 40.3 Å². The number of hydrogen-bond acceptors (Lipinski definition) is 6. The molecule has 3 heterocycles. The molecule has 30 heavy (non-hydrogen) atoms. The summed E-state index contributed by atoms with van der Waals surface area (Å²) < 4.78 is 26.5. The maximum absolute atomic E-state index is 13.3. The van der Waals surface area contributed by atoms with Gasteiger partial charge in [0.15, 0.2) is 15.7 Å². The molecule has 2 amide bonds. The van der Waals surface area contributed by atoms with Gasteiger partial charge in [-0.1, -0.05) is 12.1 Å². The number of aryl methyl sites for hydroxylation is 1. The van der Waals surface area contributed by atoms with E-state index >= 15 is 0 Å². The first kappa shape index (κ1) is 19.6. The number of carbonyl (C=O) groups is 2. The van der Waals surface area contributed by atoms with Crippen molar-refractivity contribution in [1.29, 1.82) is 0 Å². The third-order valence-corrected chi connectivity index (χ3v) is 6.14. The van der Waals surface area contributed by atoms with Gasteiger partial charge in [0.1, 0.15) is 5.56 Å². The quantitative estimate of drug-likeness (QED) is 0.622. The average Bonchev–Trinajstić information content (AvgIpc) is 3.24. The van der Waals surface area contributed by atoms with Crippen molar-refractivity contribution in [3.63, 3.8) is 0 Å². The van der Waals surface area contributed by atoms with Gasteiger partial charge in [-0.05, 0) is 18.2 Å². The number of anilines is 1. The number of amides is 2. The van der Waals surface area contributed by atoms with Crippen LogP contribution in [0.1, 0.15) is 26.8 Å². The summed E-state index contributed by atoms with van der Waals surface area (Å²) in [4.78, 5) is 38.1. The molecule has 1 aromatic carbocycles. The van der Waals surface area contributed by atoms with Gasteiger partial charge in [0.05, 0.1) is 22.9 Å². The molecule has 1 aliphatic rings. The Bertz CT molecular complexity index is 1400. The van der Waals surface area contributed by atoms with Gasteiger partial charge in [-0.3, -0.25) is 23.6 Å². The van der Waals surface area contributed by atoms with Crippen LogP contribution in [0.15, 0.2) is 52.8 Å². The Balaban J connectivity index is 1.94. The zero-order valence-corrected chi connectivity index (χ0v) is 16.6. The van der Waals surface area contributed by atoms with Crippen LogP contribution >= 0.6 is 0 Å². The normalized spacial score (nSPS) is 17.3. The molecule has 0 radical (unpaired) electrons. The number of sulfone groups is 1. The predicted molar refractivity (Wildman–Crippen MR) is 110 cm³/mol. The average molecular weight is 427 g/mol. The number of para-hydroxylation sites is 1. The fourth-order valence-corrected chi connectivity index (χ4v) is 4.73. The molecular weight excluding hydrogens is 410 g/mol. The molecule has 0 saturated carbocycles. The first-order valence-electron chi connectivity index (χ1n) is 8.86. The minimum Gasteiger partial charge on any atom is -0.366 e. The van der Waals surface area contributed by atoms with Crippen LogP contribution in [0.4, 0.5) is 5.82 Å². The van der Waals surface area contributed by atoms with Crippen molar-refractivity contribution < 1.29 is 18.0 Å². The van der Waals surface area contributed by atoms with Crippen molar-refractivity contribution in [3.8, 4) is 0 Å². The minimum atomic E-state index is -3.51. The van der Waals surface area contributed by atoms with Gasteiger partial charge in [-0.15, -0.1) is 0 Å². The second-order valence-electron chi connectivity index (χ2n) is 6.90. The summed E-state index contributed by atoms with van der Waals surface area (Å²) in [5.74, 6) is -1.59. The molecule has 0 saturated heterocycles. The highest BCUT2D eigenvalue weighted by Crippen LogP contribution is 2.26. The molecule has 1 unspecified atom stereocenters. The predicted octanol–water partition coefficient (Wildman–Crippen LogP) is 0.569. The van der Waals surface area contributed by atoms with Crippen molar-refractivity contribution in [2.45, 2.75) is 6.04 Å². The molecule has 11 heteroatoms. The van der Waals surface area contributed by atoms with Crippen LogP contribution in [0.2, 0.25) is 0 Å². The largest absolute Gasteiger partial charge is 0.366 e. The van der Waals surface area contributed by atoms with Gasteiger partial charge in [0.25, 0.3) is 17.4 Å². The lowest BCUT2D eigenvalue weighted by molar-refractivity contribution is 0.0999. The van der Waals surface area contributed by atoms with Crippen molar-refractivity contribution in [2.75, 3.05) is 11.1 Å². The number of rotatable bonds is 4. The molecule has 0 aliphatic carbocycles. The Morgan fingerprint density at radius 1 is 1.23 bits per heavy atom. The van der Waals surface area contributed by atoms with E-state index in [9.17, 15) is 22.8 Å². The fourth-order valence-electron chi connectivity index (χ4n) is 3.46. The molecule has 2 aromatic heterocycles. The van der Waals surface area contributed by atoms with Crippen LogP contribution < -0.4 is 16.6 Å². The Hall–Kier alpha value is -3.73. The van der Waals surface area contributed by atoms with Crippen molar-refractivity contribution >= 4 is 38.4 Å². The van der Waals surface area contributed by atoms with Crippen LogP contribution in [-0.2, 0) is 16.9 Å². The van der Waals surface area contributed by atoms with Crippen LogP contribution in [0.25, 0.3) is 10.9 Å². The molecule has 154 valence electrons. The summed E-state index contributed by atoms with van der Waals surface area (Å²) in [5.41, 5.74) is 4.75. The van der Waals surface area contributed by atoms with E-state index in [2.05, 4.69) is 10.4 Å². The van der Waals surface area contributed by atoms with E-state index in [0.29, 0.717) is 5.39 Å². The molecule has 4 rings (SSSR count). The lowest BCUT2D eigenvalue weighted by Crippen LogP contribution is -2.33. The third-order valence-electron chi connectivity index (χ3n) is 4.77. The van der Waals surface area contributed by atoms with E-state index in [1.165, 1.54) is 22.9 Å². The first-order valence-corrected chi connectivity index (χ1v) is 10.6. The summed E-state index contributed by atoms with van der Waals surface area (Å²) in [6.07, 6.45) is 2.98. The van der Waals surface area contributed by atoms with Gasteiger partial charge in [-0.2, -0.15) is 5.10 Å². The summed E-state index contributed by atoms with van der Waals surface area (Å²) in [7, 11) is -1.83. The highest BCUT2D eigenvalue weighted by Gasteiger charge is 2.28. The molecule has 3 aromatic rings. The molecule has 10 nitrogen and oxygen atoms in total. The maximum atomic E-state index is 13.3. The van der Waals surface area contributed by atoms with Gasteiger partial charge in [-0.25, -0.2) is 8.42 Å². The molecule has 0 fully saturated rings. The summed E-state index contributed by atoms with van der Waals surface area (Å²) in [6.45, 7) is 0. The molecule has 0 bridgehead atoms. The smallest absolute Gasteiger partial charge is 0.264 e. The lowest BCUT2D eigenvalue weighted by atomic mass is 10.0. The Morgan fingerprint density at radius 3 is 2.60 bits per heavy atom. The van der Waals surface area contributed by atoms with Crippen molar-refractivity contribution in [1.82, 2.24) is 14.3 Å². The highest BCUT2D eigenvalue weighted by atomic mass is 32.2. The number of hydrogen-bond donors (Lipinski definition) is 2. The number of allylic oxidation sites excluding steroid dienone is 1. The maximum Gasteiger partial charge on any atom is 0.264 e. The van der Waals surface area contributed by atoms with Gasteiger partial charge in [0, 0.05) is 30.1 Å². The third kappa shape index (κ3) is 3.39. The summed E-state index contributed by atoms with van der Waals surface area (Å²) in [5, 5.41) is 8.01. The van der Waals surface area contributed by atoms with Crippen molar-refractivity contribution in [2.24, 2.45) is 12.8 Å². The summed E-state index contributed by atoms with van der Waals surface area (Å²) >= 11 is 0. The van der Waals surface area contributed by atoms with Crippen LogP contribution in [0.5, 0.6) is 0 Å². The Kier molecular flexibility index (Phi) is 4.54. The number of benzene rings is 1. The Labute approximate surface area is 170 Å². The van der Waals surface area contributed by atoms with E-state index in [-0.39, 0.29) is 28.2 Å². The molecule has 1 atom stereocenters. The lowest BCUT2D eigenvalue weighted by Gasteiger charge is -2.18. The van der Waals surface area contributed by atoms with Gasteiger partial charge >= 0.3 is 0 Å². The number of pyridine rings is 1. The molecule has 0 spiro atoms. The topological polar surface area (TPSA) is 146 Å². The first-order chi connectivity index (χ1) is 14.2. The van der Waals surface area contributed by atoms with Crippen molar-refractivity contribution in [3.05, 3.63) is 69.5 Å². The van der Waals surface area contributed by atoms with Crippen LogP contribution in [0.3, 0.4) is 0 Å². The standard InChI is InChI=1S/C19H17N5O5S/c1-23-7-5-15(22-23)21-18(26)14-9-11-3-2-4-13(17(20)25)16(11)24(19(14)27)12-6-8-30(28,29)10-12/h2-9,12H,10H2,1H3,(H2,20,25)(H,21,22,26). The number of nitrogens with one attached hydrogen (secondary N) is 1. The molecule has 3 N–H and O–H groups in total. The Morgan fingerprint density at radius 2 is 2.00 bits per heavy atom. The number of nitrogens with two attached hydrogens (primary N) is 1. The zero-order chi connectivity index (χ0) is 21.6. The number of fused-ring (bicyclic) bond motifs is 1. The minimum absolute atomic E-state index is 0.0546. The second kappa shape index (κ2) is 6.95. The monoisotopic (exact) mass is 427 g/mol.